The Kier molecular flexibility index (Phi) is 4.20. The number of rotatable bonds is 3. The Morgan fingerprint density at radius 1 is 1.46 bits per heavy atom. The Morgan fingerprint density at radius 3 is 2.62 bits per heavy atom. The van der Waals surface area contributed by atoms with Gasteiger partial charge in [0.25, 0.3) is 0 Å². The van der Waals surface area contributed by atoms with Crippen LogP contribution in [0.2, 0.25) is 0 Å². The molecule has 2 atom stereocenters. The van der Waals surface area contributed by atoms with Crippen molar-refractivity contribution in [2.45, 2.75) is 46.3 Å². The van der Waals surface area contributed by atoms with Crippen molar-refractivity contribution >= 4 is 0 Å². The first-order valence-corrected chi connectivity index (χ1v) is 5.50. The van der Waals surface area contributed by atoms with E-state index in [2.05, 4.69) is 32.6 Å². The highest BCUT2D eigenvalue weighted by Crippen LogP contribution is 2.17. The summed E-state index contributed by atoms with van der Waals surface area (Å²) in [5.74, 6) is 0.760. The van der Waals surface area contributed by atoms with Crippen LogP contribution in [-0.2, 0) is 4.74 Å². The molecule has 0 amide bonds. The topological polar surface area (TPSA) is 12.5 Å². The SMILES string of the molecule is CCC(C(C)C)N1CCOC(C)C1. The van der Waals surface area contributed by atoms with Crippen LogP contribution in [0.3, 0.4) is 0 Å². The minimum Gasteiger partial charge on any atom is -0.376 e. The molecule has 0 saturated carbocycles. The molecular weight excluding hydrogens is 162 g/mol. The van der Waals surface area contributed by atoms with Crippen LogP contribution in [0.25, 0.3) is 0 Å². The number of morpholine rings is 1. The van der Waals surface area contributed by atoms with Crippen molar-refractivity contribution in [2.24, 2.45) is 5.92 Å². The van der Waals surface area contributed by atoms with E-state index >= 15 is 0 Å². The second-order valence-corrected chi connectivity index (χ2v) is 4.40. The third-order valence-corrected chi connectivity index (χ3v) is 2.93. The molecule has 1 saturated heterocycles. The van der Waals surface area contributed by atoms with E-state index in [1.54, 1.807) is 0 Å². The molecule has 78 valence electrons. The van der Waals surface area contributed by atoms with Crippen molar-refractivity contribution in [1.29, 1.82) is 0 Å². The molecule has 0 aliphatic carbocycles. The minimum atomic E-state index is 0.418. The van der Waals surface area contributed by atoms with Crippen LogP contribution >= 0.6 is 0 Å². The Morgan fingerprint density at radius 2 is 2.15 bits per heavy atom. The highest BCUT2D eigenvalue weighted by molar-refractivity contribution is 4.77. The highest BCUT2D eigenvalue weighted by Gasteiger charge is 2.24. The molecule has 1 aliphatic heterocycles. The Bertz CT molecular complexity index is 147. The lowest BCUT2D eigenvalue weighted by atomic mass is 9.99. The third-order valence-electron chi connectivity index (χ3n) is 2.93. The highest BCUT2D eigenvalue weighted by atomic mass is 16.5. The summed E-state index contributed by atoms with van der Waals surface area (Å²) in [5.41, 5.74) is 0. The van der Waals surface area contributed by atoms with Crippen LogP contribution in [0.1, 0.15) is 34.1 Å². The number of nitrogens with zero attached hydrogens (tertiary/aromatic N) is 1. The molecule has 0 bridgehead atoms. The first-order chi connectivity index (χ1) is 6.15. The second-order valence-electron chi connectivity index (χ2n) is 4.40. The number of ether oxygens (including phenoxy) is 1. The first-order valence-electron chi connectivity index (χ1n) is 5.50. The smallest absolute Gasteiger partial charge is 0.0674 e. The largest absolute Gasteiger partial charge is 0.376 e. The summed E-state index contributed by atoms with van der Waals surface area (Å²) in [6, 6.07) is 0.742. The van der Waals surface area contributed by atoms with E-state index in [4.69, 9.17) is 4.74 Å². The van der Waals surface area contributed by atoms with Crippen molar-refractivity contribution in [3.8, 4) is 0 Å². The molecular formula is C11H23NO. The lowest BCUT2D eigenvalue weighted by Crippen LogP contribution is -2.48. The van der Waals surface area contributed by atoms with E-state index in [-0.39, 0.29) is 0 Å². The van der Waals surface area contributed by atoms with Gasteiger partial charge in [-0.15, -0.1) is 0 Å². The molecule has 0 aromatic rings. The van der Waals surface area contributed by atoms with E-state index < -0.39 is 0 Å². The fraction of sp³-hybridized carbons (Fsp3) is 1.00. The van der Waals surface area contributed by atoms with Gasteiger partial charge in [-0.3, -0.25) is 4.90 Å². The fourth-order valence-electron chi connectivity index (χ4n) is 2.30. The molecule has 1 aliphatic rings. The van der Waals surface area contributed by atoms with Crippen LogP contribution in [0, 0.1) is 5.92 Å². The van der Waals surface area contributed by atoms with Gasteiger partial charge in [0.15, 0.2) is 0 Å². The minimum absolute atomic E-state index is 0.418. The summed E-state index contributed by atoms with van der Waals surface area (Å²) >= 11 is 0. The number of hydrogen-bond acceptors (Lipinski definition) is 2. The van der Waals surface area contributed by atoms with Gasteiger partial charge in [0.05, 0.1) is 12.7 Å². The van der Waals surface area contributed by atoms with Crippen molar-refractivity contribution in [3.63, 3.8) is 0 Å². The average molecular weight is 185 g/mol. The van der Waals surface area contributed by atoms with Gasteiger partial charge in [-0.2, -0.15) is 0 Å². The molecule has 0 spiro atoms. The zero-order chi connectivity index (χ0) is 9.84. The standard InChI is InChI=1S/C11H23NO/c1-5-11(9(2)3)12-6-7-13-10(4)8-12/h9-11H,5-8H2,1-4H3. The van der Waals surface area contributed by atoms with Crippen LogP contribution in [-0.4, -0.2) is 36.7 Å². The van der Waals surface area contributed by atoms with Crippen molar-refractivity contribution < 1.29 is 4.74 Å². The summed E-state index contributed by atoms with van der Waals surface area (Å²) in [6.45, 7) is 12.2. The van der Waals surface area contributed by atoms with Crippen molar-refractivity contribution in [3.05, 3.63) is 0 Å². The maximum absolute atomic E-state index is 5.54. The van der Waals surface area contributed by atoms with Gasteiger partial charge in [-0.1, -0.05) is 20.8 Å². The van der Waals surface area contributed by atoms with E-state index in [0.29, 0.717) is 6.10 Å². The lowest BCUT2D eigenvalue weighted by Gasteiger charge is -2.38. The van der Waals surface area contributed by atoms with Crippen LogP contribution in [0.4, 0.5) is 0 Å². The molecule has 1 heterocycles. The van der Waals surface area contributed by atoms with Crippen molar-refractivity contribution in [2.75, 3.05) is 19.7 Å². The number of hydrogen-bond donors (Lipinski definition) is 0. The van der Waals surface area contributed by atoms with E-state index in [9.17, 15) is 0 Å². The van der Waals surface area contributed by atoms with Gasteiger partial charge >= 0.3 is 0 Å². The van der Waals surface area contributed by atoms with Crippen LogP contribution < -0.4 is 0 Å². The first kappa shape index (κ1) is 11.0. The molecule has 0 N–H and O–H groups in total. The van der Waals surface area contributed by atoms with Gasteiger partial charge in [0.1, 0.15) is 0 Å². The van der Waals surface area contributed by atoms with Gasteiger partial charge in [0, 0.05) is 19.1 Å². The normalized spacial score (nSPS) is 27.9. The van der Waals surface area contributed by atoms with Gasteiger partial charge < -0.3 is 4.74 Å². The lowest BCUT2D eigenvalue weighted by molar-refractivity contribution is -0.0416. The summed E-state index contributed by atoms with van der Waals surface area (Å²) in [6.07, 6.45) is 1.67. The van der Waals surface area contributed by atoms with E-state index in [1.807, 2.05) is 0 Å². The van der Waals surface area contributed by atoms with E-state index in [0.717, 1.165) is 31.7 Å². The maximum atomic E-state index is 5.54. The van der Waals surface area contributed by atoms with Gasteiger partial charge in [0.2, 0.25) is 0 Å². The molecule has 0 aromatic heterocycles. The quantitative estimate of drug-likeness (QED) is 0.668. The maximum Gasteiger partial charge on any atom is 0.0674 e. The van der Waals surface area contributed by atoms with Gasteiger partial charge in [-0.05, 0) is 19.3 Å². The molecule has 1 rings (SSSR count). The Hall–Kier alpha value is -0.0800. The monoisotopic (exact) mass is 185 g/mol. The fourth-order valence-corrected chi connectivity index (χ4v) is 2.30. The van der Waals surface area contributed by atoms with Crippen molar-refractivity contribution in [1.82, 2.24) is 4.90 Å². The zero-order valence-corrected chi connectivity index (χ0v) is 9.42. The summed E-state index contributed by atoms with van der Waals surface area (Å²) in [5, 5.41) is 0. The predicted molar refractivity (Wildman–Crippen MR) is 55.9 cm³/mol. The molecule has 2 unspecified atom stereocenters. The molecule has 0 aromatic carbocycles. The molecule has 1 fully saturated rings. The van der Waals surface area contributed by atoms with Gasteiger partial charge in [-0.25, -0.2) is 0 Å². The Balaban J connectivity index is 2.47. The zero-order valence-electron chi connectivity index (χ0n) is 9.42. The summed E-state index contributed by atoms with van der Waals surface area (Å²) in [7, 11) is 0. The average Bonchev–Trinajstić information content (AvgIpc) is 2.04. The molecule has 2 nitrogen and oxygen atoms in total. The molecule has 0 radical (unpaired) electrons. The van der Waals surface area contributed by atoms with Crippen LogP contribution in [0.15, 0.2) is 0 Å². The van der Waals surface area contributed by atoms with Crippen LogP contribution in [0.5, 0.6) is 0 Å². The summed E-state index contributed by atoms with van der Waals surface area (Å²) in [4.78, 5) is 2.58. The Labute approximate surface area is 82.3 Å². The molecule has 2 heteroatoms. The molecule has 13 heavy (non-hydrogen) atoms. The third kappa shape index (κ3) is 2.96. The predicted octanol–water partition coefficient (Wildman–Crippen LogP) is 2.14. The van der Waals surface area contributed by atoms with E-state index in [1.165, 1.54) is 6.42 Å². The second kappa shape index (κ2) is 4.97. The summed E-state index contributed by atoms with van der Waals surface area (Å²) < 4.78 is 5.54.